The molecular weight excluding hydrogens is 282 g/mol. The predicted octanol–water partition coefficient (Wildman–Crippen LogP) is 1.04. The van der Waals surface area contributed by atoms with Gasteiger partial charge in [-0.3, -0.25) is 10.1 Å². The molecule has 0 bridgehead atoms. The number of nitro benzene ring substituents is 1. The van der Waals surface area contributed by atoms with Crippen molar-refractivity contribution in [3.05, 3.63) is 33.9 Å². The number of sulfonamides is 1. The Morgan fingerprint density at radius 2 is 2.00 bits per heavy atom. The van der Waals surface area contributed by atoms with E-state index in [1.807, 2.05) is 6.92 Å². The molecule has 0 aromatic heterocycles. The first-order chi connectivity index (χ1) is 9.27. The second-order valence-electron chi connectivity index (χ2n) is 4.72. The van der Waals surface area contributed by atoms with Gasteiger partial charge in [0.05, 0.1) is 9.82 Å². The van der Waals surface area contributed by atoms with Crippen LogP contribution >= 0.6 is 0 Å². The fourth-order valence-corrected chi connectivity index (χ4v) is 3.17. The maximum absolute atomic E-state index is 12.2. The van der Waals surface area contributed by atoms with E-state index in [2.05, 4.69) is 10.0 Å². The molecule has 1 aromatic rings. The number of hydrogen-bond donors (Lipinski definition) is 2. The van der Waals surface area contributed by atoms with E-state index < -0.39 is 14.9 Å². The summed E-state index contributed by atoms with van der Waals surface area (Å²) in [5, 5.41) is 13.7. The number of aryl methyl sites for hydroxylation is 1. The van der Waals surface area contributed by atoms with E-state index in [9.17, 15) is 18.5 Å². The summed E-state index contributed by atoms with van der Waals surface area (Å²) in [5.41, 5.74) is 0.239. The number of nitrogens with one attached hydrogen (secondary N) is 2. The van der Waals surface area contributed by atoms with Crippen LogP contribution in [0.2, 0.25) is 0 Å². The van der Waals surface area contributed by atoms with Gasteiger partial charge in [-0.05, 0) is 32.0 Å². The highest BCUT2D eigenvalue weighted by Crippen LogP contribution is 2.21. The highest BCUT2D eigenvalue weighted by molar-refractivity contribution is 7.89. The minimum absolute atomic E-state index is 0.0524. The molecule has 0 heterocycles. The summed E-state index contributed by atoms with van der Waals surface area (Å²) in [4.78, 5) is 10.1. The molecule has 0 aliphatic heterocycles. The molecule has 0 aliphatic carbocycles. The van der Waals surface area contributed by atoms with Gasteiger partial charge in [0.25, 0.3) is 5.69 Å². The van der Waals surface area contributed by atoms with Crippen LogP contribution in [-0.2, 0) is 10.0 Å². The summed E-state index contributed by atoms with van der Waals surface area (Å²) in [6, 6.07) is 3.81. The molecule has 0 fully saturated rings. The van der Waals surface area contributed by atoms with Gasteiger partial charge in [-0.25, -0.2) is 13.1 Å². The van der Waals surface area contributed by atoms with Crippen LogP contribution in [0.15, 0.2) is 23.1 Å². The molecule has 1 unspecified atom stereocenters. The molecule has 20 heavy (non-hydrogen) atoms. The molecule has 7 nitrogen and oxygen atoms in total. The lowest BCUT2D eigenvalue weighted by molar-refractivity contribution is -0.385. The zero-order valence-electron chi connectivity index (χ0n) is 11.7. The number of nitro groups is 1. The van der Waals surface area contributed by atoms with Gasteiger partial charge in [0, 0.05) is 18.7 Å². The number of benzene rings is 1. The molecule has 0 saturated carbocycles. The Kier molecular flexibility index (Phi) is 5.61. The number of nitrogens with zero attached hydrogens (tertiary/aromatic N) is 1. The van der Waals surface area contributed by atoms with E-state index in [1.54, 1.807) is 14.0 Å². The van der Waals surface area contributed by atoms with Crippen molar-refractivity contribution >= 4 is 15.7 Å². The Morgan fingerprint density at radius 1 is 1.35 bits per heavy atom. The van der Waals surface area contributed by atoms with Gasteiger partial charge in [0.2, 0.25) is 10.0 Å². The van der Waals surface area contributed by atoms with E-state index in [4.69, 9.17) is 0 Å². The van der Waals surface area contributed by atoms with Crippen LogP contribution in [0.25, 0.3) is 0 Å². The van der Waals surface area contributed by atoms with Crippen molar-refractivity contribution in [1.82, 2.24) is 10.0 Å². The molecule has 0 saturated heterocycles. The largest absolute Gasteiger partial charge is 0.319 e. The van der Waals surface area contributed by atoms with Gasteiger partial charge < -0.3 is 5.32 Å². The molecule has 0 aliphatic rings. The zero-order chi connectivity index (χ0) is 15.3. The topological polar surface area (TPSA) is 101 Å². The van der Waals surface area contributed by atoms with E-state index in [0.717, 1.165) is 6.07 Å². The Hall–Kier alpha value is -1.51. The molecule has 0 radical (unpaired) electrons. The first-order valence-corrected chi connectivity index (χ1v) is 7.65. The zero-order valence-corrected chi connectivity index (χ0v) is 12.5. The van der Waals surface area contributed by atoms with Crippen molar-refractivity contribution in [2.75, 3.05) is 20.1 Å². The number of non-ortho nitro benzene ring substituents is 1. The minimum atomic E-state index is -3.74. The average molecular weight is 301 g/mol. The van der Waals surface area contributed by atoms with Crippen molar-refractivity contribution < 1.29 is 13.3 Å². The molecule has 1 rings (SSSR count). The lowest BCUT2D eigenvalue weighted by Gasteiger charge is -2.13. The first-order valence-electron chi connectivity index (χ1n) is 6.17. The molecular formula is C12H19N3O4S. The normalized spacial score (nSPS) is 13.2. The average Bonchev–Trinajstić information content (AvgIpc) is 2.37. The standard InChI is InChI=1S/C12H19N3O4S/c1-9(7-13-3)8-14-20(18,19)12-6-11(15(16)17)5-4-10(12)2/h4-6,9,13-14H,7-8H2,1-3H3. The van der Waals surface area contributed by atoms with E-state index >= 15 is 0 Å². The fourth-order valence-electron chi connectivity index (χ4n) is 1.74. The molecule has 0 spiro atoms. The third-order valence-electron chi connectivity index (χ3n) is 2.85. The maximum Gasteiger partial charge on any atom is 0.270 e. The number of hydrogen-bond acceptors (Lipinski definition) is 5. The highest BCUT2D eigenvalue weighted by Gasteiger charge is 2.20. The summed E-state index contributed by atoms with van der Waals surface area (Å²) < 4.78 is 26.8. The predicted molar refractivity (Wildman–Crippen MR) is 76.1 cm³/mol. The van der Waals surface area contributed by atoms with Crippen LogP contribution in [0.4, 0.5) is 5.69 Å². The monoisotopic (exact) mass is 301 g/mol. The van der Waals surface area contributed by atoms with E-state index in [-0.39, 0.29) is 23.0 Å². The molecule has 8 heteroatoms. The van der Waals surface area contributed by atoms with Gasteiger partial charge in [-0.1, -0.05) is 13.0 Å². The van der Waals surface area contributed by atoms with Crippen molar-refractivity contribution in [2.24, 2.45) is 5.92 Å². The summed E-state index contributed by atoms with van der Waals surface area (Å²) in [7, 11) is -1.96. The first kappa shape index (κ1) is 16.5. The van der Waals surface area contributed by atoms with Crippen LogP contribution in [0, 0.1) is 23.0 Å². The summed E-state index contributed by atoms with van der Waals surface area (Å²) in [6.07, 6.45) is 0. The van der Waals surface area contributed by atoms with Crippen molar-refractivity contribution in [3.8, 4) is 0 Å². The Labute approximate surface area is 118 Å². The van der Waals surface area contributed by atoms with Gasteiger partial charge in [0.1, 0.15) is 0 Å². The Bertz CT molecular complexity index is 586. The van der Waals surface area contributed by atoms with Crippen molar-refractivity contribution in [3.63, 3.8) is 0 Å². The van der Waals surface area contributed by atoms with Gasteiger partial charge in [-0.15, -0.1) is 0 Å². The third kappa shape index (κ3) is 4.26. The summed E-state index contributed by atoms with van der Waals surface area (Å²) >= 11 is 0. The maximum atomic E-state index is 12.2. The van der Waals surface area contributed by atoms with Crippen molar-refractivity contribution in [1.29, 1.82) is 0 Å². The van der Waals surface area contributed by atoms with Crippen LogP contribution < -0.4 is 10.0 Å². The van der Waals surface area contributed by atoms with Crippen LogP contribution in [-0.4, -0.2) is 33.5 Å². The second kappa shape index (κ2) is 6.78. The highest BCUT2D eigenvalue weighted by atomic mass is 32.2. The van der Waals surface area contributed by atoms with Gasteiger partial charge in [0.15, 0.2) is 0 Å². The van der Waals surface area contributed by atoms with Crippen LogP contribution in [0.5, 0.6) is 0 Å². The molecule has 1 aromatic carbocycles. The Balaban J connectivity index is 2.97. The van der Waals surface area contributed by atoms with Gasteiger partial charge in [-0.2, -0.15) is 0 Å². The smallest absolute Gasteiger partial charge is 0.270 e. The summed E-state index contributed by atoms with van der Waals surface area (Å²) in [6.45, 7) is 4.45. The summed E-state index contributed by atoms with van der Waals surface area (Å²) in [5.74, 6) is 0.119. The molecule has 0 amide bonds. The minimum Gasteiger partial charge on any atom is -0.319 e. The lowest BCUT2D eigenvalue weighted by atomic mass is 10.2. The quantitative estimate of drug-likeness (QED) is 0.579. The van der Waals surface area contributed by atoms with Crippen molar-refractivity contribution in [2.45, 2.75) is 18.7 Å². The third-order valence-corrected chi connectivity index (χ3v) is 4.41. The van der Waals surface area contributed by atoms with Gasteiger partial charge >= 0.3 is 0 Å². The lowest BCUT2D eigenvalue weighted by Crippen LogP contribution is -2.32. The van der Waals surface area contributed by atoms with E-state index in [0.29, 0.717) is 12.1 Å². The Morgan fingerprint density at radius 3 is 2.55 bits per heavy atom. The second-order valence-corrected chi connectivity index (χ2v) is 6.46. The fraction of sp³-hybridized carbons (Fsp3) is 0.500. The van der Waals surface area contributed by atoms with Crippen LogP contribution in [0.1, 0.15) is 12.5 Å². The SMILES string of the molecule is CNCC(C)CNS(=O)(=O)c1cc([N+](=O)[O-])ccc1C. The van der Waals surface area contributed by atoms with Crippen LogP contribution in [0.3, 0.4) is 0 Å². The molecule has 2 N–H and O–H groups in total. The number of rotatable bonds is 7. The molecule has 112 valence electrons. The van der Waals surface area contributed by atoms with E-state index in [1.165, 1.54) is 12.1 Å². The molecule has 1 atom stereocenters.